The van der Waals surface area contributed by atoms with E-state index in [4.69, 9.17) is 11.6 Å². The van der Waals surface area contributed by atoms with Crippen molar-refractivity contribution >= 4 is 34.0 Å². The highest BCUT2D eigenvalue weighted by Gasteiger charge is 2.14. The highest BCUT2D eigenvalue weighted by atomic mass is 35.5. The van der Waals surface area contributed by atoms with Gasteiger partial charge in [-0.25, -0.2) is 0 Å². The number of alkyl halides is 1. The summed E-state index contributed by atoms with van der Waals surface area (Å²) in [6.45, 7) is 4.25. The molecule has 0 fully saturated rings. The van der Waals surface area contributed by atoms with Crippen molar-refractivity contribution in [3.8, 4) is 0 Å². The van der Waals surface area contributed by atoms with Gasteiger partial charge < -0.3 is 5.32 Å². The fourth-order valence-electron chi connectivity index (χ4n) is 1.36. The fourth-order valence-corrected chi connectivity index (χ4v) is 2.55. The number of nitrogens with one attached hydrogen (secondary N) is 1. The Kier molecular flexibility index (Phi) is 5.69. The van der Waals surface area contributed by atoms with Crippen LogP contribution in [0.5, 0.6) is 0 Å². The molecule has 1 rings (SSSR count). The molecule has 0 aliphatic carbocycles. The first kappa shape index (κ1) is 13.4. The van der Waals surface area contributed by atoms with E-state index in [9.17, 15) is 4.79 Å². The van der Waals surface area contributed by atoms with Gasteiger partial charge in [0, 0.05) is 18.2 Å². The Morgan fingerprint density at radius 2 is 2.12 bits per heavy atom. The van der Waals surface area contributed by atoms with Gasteiger partial charge in [0.2, 0.25) is 11.0 Å². The van der Waals surface area contributed by atoms with E-state index >= 15 is 0 Å². The lowest BCUT2D eigenvalue weighted by Gasteiger charge is -2.05. The Hall–Kier alpha value is -0.680. The quantitative estimate of drug-likeness (QED) is 0.801. The van der Waals surface area contributed by atoms with E-state index in [1.807, 2.05) is 0 Å². The molecule has 0 aromatic carbocycles. The van der Waals surface area contributed by atoms with Gasteiger partial charge in [0.15, 0.2) is 0 Å². The number of carbonyl (C=O) groups excluding carboxylic acids is 1. The zero-order valence-corrected chi connectivity index (χ0v) is 11.1. The van der Waals surface area contributed by atoms with Gasteiger partial charge in [-0.2, -0.15) is 0 Å². The average molecular weight is 262 g/mol. The Morgan fingerprint density at radius 3 is 2.69 bits per heavy atom. The molecule has 0 atom stereocenters. The van der Waals surface area contributed by atoms with Gasteiger partial charge in [0.05, 0.1) is 0 Å². The lowest BCUT2D eigenvalue weighted by atomic mass is 10.1. The third-order valence-corrected chi connectivity index (χ3v) is 3.53. The number of carbonyl (C=O) groups is 1. The van der Waals surface area contributed by atoms with Gasteiger partial charge >= 0.3 is 0 Å². The molecule has 1 heterocycles. The van der Waals surface area contributed by atoms with Gasteiger partial charge in [-0.3, -0.25) is 4.79 Å². The second-order valence-corrected chi connectivity index (χ2v) is 4.83. The molecule has 0 radical (unpaired) electrons. The molecule has 90 valence electrons. The zero-order chi connectivity index (χ0) is 12.0. The SMILES string of the molecule is CCC(CC)c1nnc(NC(=O)CCCl)s1. The monoisotopic (exact) mass is 261 g/mol. The first-order valence-electron chi connectivity index (χ1n) is 5.40. The second-order valence-electron chi connectivity index (χ2n) is 3.45. The highest BCUT2D eigenvalue weighted by Crippen LogP contribution is 2.27. The number of hydrogen-bond donors (Lipinski definition) is 1. The van der Waals surface area contributed by atoms with E-state index in [0.717, 1.165) is 17.8 Å². The van der Waals surface area contributed by atoms with Crippen LogP contribution in [0.1, 0.15) is 44.0 Å². The first-order chi connectivity index (χ1) is 7.71. The Balaban J connectivity index is 2.60. The maximum atomic E-state index is 11.3. The van der Waals surface area contributed by atoms with Crippen molar-refractivity contribution in [2.24, 2.45) is 0 Å². The molecule has 6 heteroatoms. The van der Waals surface area contributed by atoms with Crippen molar-refractivity contribution < 1.29 is 4.79 Å². The largest absolute Gasteiger partial charge is 0.300 e. The molecule has 0 spiro atoms. The number of aromatic nitrogens is 2. The average Bonchev–Trinajstić information content (AvgIpc) is 2.68. The van der Waals surface area contributed by atoms with Crippen LogP contribution in [0.2, 0.25) is 0 Å². The lowest BCUT2D eigenvalue weighted by molar-refractivity contribution is -0.115. The summed E-state index contributed by atoms with van der Waals surface area (Å²) in [7, 11) is 0. The molecule has 0 bridgehead atoms. The maximum Gasteiger partial charge on any atom is 0.227 e. The van der Waals surface area contributed by atoms with Crippen molar-refractivity contribution in [3.63, 3.8) is 0 Å². The van der Waals surface area contributed by atoms with E-state index in [1.165, 1.54) is 11.3 Å². The van der Waals surface area contributed by atoms with Crippen LogP contribution in [0.4, 0.5) is 5.13 Å². The summed E-state index contributed by atoms with van der Waals surface area (Å²) in [5.74, 6) is 0.655. The molecular weight excluding hydrogens is 246 g/mol. The highest BCUT2D eigenvalue weighted by molar-refractivity contribution is 7.15. The van der Waals surface area contributed by atoms with Crippen molar-refractivity contribution in [3.05, 3.63) is 5.01 Å². The molecule has 0 saturated heterocycles. The minimum atomic E-state index is -0.109. The summed E-state index contributed by atoms with van der Waals surface area (Å²) in [5, 5.41) is 12.3. The molecule has 1 aromatic heterocycles. The van der Waals surface area contributed by atoms with E-state index in [2.05, 4.69) is 29.4 Å². The Morgan fingerprint density at radius 1 is 1.44 bits per heavy atom. The number of halogens is 1. The van der Waals surface area contributed by atoms with Crippen LogP contribution in [-0.4, -0.2) is 22.0 Å². The number of rotatable bonds is 6. The topological polar surface area (TPSA) is 54.9 Å². The maximum absolute atomic E-state index is 11.3. The molecule has 4 nitrogen and oxygen atoms in total. The summed E-state index contributed by atoms with van der Waals surface area (Å²) in [5.41, 5.74) is 0. The van der Waals surface area contributed by atoms with Gasteiger partial charge in [-0.05, 0) is 12.8 Å². The van der Waals surface area contributed by atoms with Crippen LogP contribution < -0.4 is 5.32 Å². The van der Waals surface area contributed by atoms with Crippen molar-refractivity contribution in [2.75, 3.05) is 11.2 Å². The zero-order valence-electron chi connectivity index (χ0n) is 9.49. The van der Waals surface area contributed by atoms with Crippen LogP contribution in [-0.2, 0) is 4.79 Å². The van der Waals surface area contributed by atoms with Crippen LogP contribution in [0.25, 0.3) is 0 Å². The third-order valence-electron chi connectivity index (χ3n) is 2.34. The minimum Gasteiger partial charge on any atom is -0.300 e. The van der Waals surface area contributed by atoms with Crippen LogP contribution >= 0.6 is 22.9 Å². The summed E-state index contributed by atoms with van der Waals surface area (Å²) in [6.07, 6.45) is 2.39. The minimum absolute atomic E-state index is 0.109. The molecule has 0 unspecified atom stereocenters. The summed E-state index contributed by atoms with van der Waals surface area (Å²) < 4.78 is 0. The molecule has 1 N–H and O–H groups in total. The fraction of sp³-hybridized carbons (Fsp3) is 0.700. The van der Waals surface area contributed by atoms with Gasteiger partial charge in [-0.1, -0.05) is 25.2 Å². The van der Waals surface area contributed by atoms with E-state index < -0.39 is 0 Å². The van der Waals surface area contributed by atoms with E-state index in [-0.39, 0.29) is 5.91 Å². The van der Waals surface area contributed by atoms with Crippen LogP contribution in [0, 0.1) is 0 Å². The molecule has 16 heavy (non-hydrogen) atoms. The molecule has 1 amide bonds. The van der Waals surface area contributed by atoms with Gasteiger partial charge in [0.25, 0.3) is 0 Å². The molecular formula is C10H16ClN3OS. The predicted molar refractivity (Wildman–Crippen MR) is 67.2 cm³/mol. The van der Waals surface area contributed by atoms with Crippen LogP contribution in [0.3, 0.4) is 0 Å². The van der Waals surface area contributed by atoms with E-state index in [0.29, 0.717) is 23.4 Å². The predicted octanol–water partition coefficient (Wildman–Crippen LogP) is 3.01. The Labute approximate surface area is 104 Å². The third kappa shape index (κ3) is 3.72. The Bertz CT molecular complexity index is 339. The van der Waals surface area contributed by atoms with Crippen LogP contribution in [0.15, 0.2) is 0 Å². The smallest absolute Gasteiger partial charge is 0.227 e. The second kappa shape index (κ2) is 6.81. The first-order valence-corrected chi connectivity index (χ1v) is 6.75. The van der Waals surface area contributed by atoms with Gasteiger partial charge in [-0.15, -0.1) is 21.8 Å². The summed E-state index contributed by atoms with van der Waals surface area (Å²) in [4.78, 5) is 11.3. The van der Waals surface area contributed by atoms with Gasteiger partial charge in [0.1, 0.15) is 5.01 Å². The van der Waals surface area contributed by atoms with Crippen molar-refractivity contribution in [1.29, 1.82) is 0 Å². The summed E-state index contributed by atoms with van der Waals surface area (Å²) >= 11 is 6.92. The molecule has 0 aliphatic rings. The lowest BCUT2D eigenvalue weighted by Crippen LogP contribution is -2.11. The van der Waals surface area contributed by atoms with Crippen molar-refractivity contribution in [1.82, 2.24) is 10.2 Å². The normalized spacial score (nSPS) is 10.8. The number of amides is 1. The number of hydrogen-bond acceptors (Lipinski definition) is 4. The number of nitrogens with zero attached hydrogens (tertiary/aromatic N) is 2. The molecule has 0 aliphatic heterocycles. The number of anilines is 1. The molecule has 0 saturated carbocycles. The molecule has 1 aromatic rings. The summed E-state index contributed by atoms with van der Waals surface area (Å²) in [6, 6.07) is 0. The standard InChI is InChI=1S/C10H16ClN3OS/c1-3-7(4-2)9-13-14-10(16-9)12-8(15)5-6-11/h7H,3-6H2,1-2H3,(H,12,14,15). The van der Waals surface area contributed by atoms with E-state index in [1.54, 1.807) is 0 Å². The van der Waals surface area contributed by atoms with Crippen molar-refractivity contribution in [2.45, 2.75) is 39.0 Å².